The zero-order valence-corrected chi connectivity index (χ0v) is 22.3. The van der Waals surface area contributed by atoms with Crippen LogP contribution >= 0.6 is 27.5 Å². The molecule has 1 amide bonds. The lowest BCUT2D eigenvalue weighted by molar-refractivity contribution is -0.0266. The van der Waals surface area contributed by atoms with Crippen molar-refractivity contribution in [1.29, 1.82) is 5.26 Å². The molecule has 2 fully saturated rings. The third-order valence-electron chi connectivity index (χ3n) is 6.63. The molecule has 8 heteroatoms. The summed E-state index contributed by atoms with van der Waals surface area (Å²) in [6.07, 6.45) is 0.658. The third kappa shape index (κ3) is 4.46. The number of likely N-dealkylation sites (tertiary alicyclic amines) is 1. The lowest BCUT2D eigenvalue weighted by atomic mass is 9.79. The average Bonchev–Trinajstić information content (AvgIpc) is 3.22. The summed E-state index contributed by atoms with van der Waals surface area (Å²) in [5.74, 6) is 0.667. The van der Waals surface area contributed by atoms with Crippen molar-refractivity contribution in [1.82, 2.24) is 9.88 Å². The maximum absolute atomic E-state index is 12.5. The van der Waals surface area contributed by atoms with Crippen LogP contribution in [0, 0.1) is 16.7 Å². The molecule has 1 aromatic heterocycles. The highest BCUT2D eigenvalue weighted by molar-refractivity contribution is 9.10. The Hall–Kier alpha value is -2.82. The van der Waals surface area contributed by atoms with Gasteiger partial charge in [-0.15, -0.1) is 0 Å². The van der Waals surface area contributed by atoms with Crippen molar-refractivity contribution < 1.29 is 9.53 Å². The number of halogens is 2. The molecule has 2 aliphatic heterocycles. The van der Waals surface area contributed by atoms with Crippen LogP contribution in [0.1, 0.15) is 32.8 Å². The van der Waals surface area contributed by atoms with Gasteiger partial charge in [-0.1, -0.05) is 51.8 Å². The zero-order chi connectivity index (χ0) is 25.0. The average molecular weight is 554 g/mol. The summed E-state index contributed by atoms with van der Waals surface area (Å²) in [5, 5.41) is 11.8. The second-order valence-corrected chi connectivity index (χ2v) is 11.8. The van der Waals surface area contributed by atoms with Gasteiger partial charge in [-0.05, 0) is 45.4 Å². The zero-order valence-electron chi connectivity index (χ0n) is 19.9. The smallest absolute Gasteiger partial charge is 0.410 e. The van der Waals surface area contributed by atoms with E-state index in [0.717, 1.165) is 46.0 Å². The molecule has 5 rings (SSSR count). The van der Waals surface area contributed by atoms with E-state index in [1.807, 2.05) is 63.2 Å². The van der Waals surface area contributed by atoms with Crippen molar-refractivity contribution in [3.63, 3.8) is 0 Å². The summed E-state index contributed by atoms with van der Waals surface area (Å²) >= 11 is 10.2. The standard InChI is InChI=1S/C27H26BrClN4O2/c1-26(2,3)35-25(34)33-15-27(16-33)10-11-32(14-27)24-20(13-30)23(18-6-4-5-7-21(18)29)19-9-8-17(28)12-22(19)31-24/h4-9,12H,10-11,14-16H2,1-3H3. The van der Waals surface area contributed by atoms with Gasteiger partial charge in [0.15, 0.2) is 0 Å². The summed E-state index contributed by atoms with van der Waals surface area (Å²) in [4.78, 5) is 21.4. The Kier molecular flexibility index (Phi) is 5.93. The number of nitriles is 1. The Bertz CT molecular complexity index is 1370. The number of amides is 1. The Morgan fingerprint density at radius 3 is 2.63 bits per heavy atom. The topological polar surface area (TPSA) is 69.5 Å². The number of ether oxygens (including phenoxy) is 1. The predicted molar refractivity (Wildman–Crippen MR) is 142 cm³/mol. The maximum Gasteiger partial charge on any atom is 0.410 e. The fourth-order valence-electron chi connectivity index (χ4n) is 5.10. The van der Waals surface area contributed by atoms with E-state index in [9.17, 15) is 10.1 Å². The van der Waals surface area contributed by atoms with Gasteiger partial charge in [-0.25, -0.2) is 9.78 Å². The number of rotatable bonds is 2. The number of aromatic nitrogens is 1. The second kappa shape index (κ2) is 8.69. The number of fused-ring (bicyclic) bond motifs is 1. The van der Waals surface area contributed by atoms with E-state index in [1.54, 1.807) is 4.90 Å². The Labute approximate surface area is 218 Å². The van der Waals surface area contributed by atoms with E-state index in [4.69, 9.17) is 21.3 Å². The molecule has 3 heterocycles. The van der Waals surface area contributed by atoms with Gasteiger partial charge in [-0.3, -0.25) is 0 Å². The fourth-order valence-corrected chi connectivity index (χ4v) is 5.68. The molecule has 0 N–H and O–H groups in total. The van der Waals surface area contributed by atoms with E-state index in [1.165, 1.54) is 0 Å². The molecule has 0 aliphatic carbocycles. The minimum atomic E-state index is -0.512. The highest BCUT2D eigenvalue weighted by Crippen LogP contribution is 2.45. The minimum Gasteiger partial charge on any atom is -0.444 e. The van der Waals surface area contributed by atoms with Gasteiger partial charge < -0.3 is 14.5 Å². The first kappa shape index (κ1) is 23.9. The third-order valence-corrected chi connectivity index (χ3v) is 7.45. The summed E-state index contributed by atoms with van der Waals surface area (Å²) in [6.45, 7) is 8.43. The van der Waals surface area contributed by atoms with Gasteiger partial charge in [0, 0.05) is 57.6 Å². The first-order valence-corrected chi connectivity index (χ1v) is 12.8. The van der Waals surface area contributed by atoms with Gasteiger partial charge in [0.05, 0.1) is 5.52 Å². The highest BCUT2D eigenvalue weighted by Gasteiger charge is 2.51. The fraction of sp³-hybridized carbons (Fsp3) is 0.370. The Balaban J connectivity index is 1.51. The van der Waals surface area contributed by atoms with Crippen molar-refractivity contribution in [2.75, 3.05) is 31.1 Å². The van der Waals surface area contributed by atoms with E-state index in [0.29, 0.717) is 29.5 Å². The molecule has 0 atom stereocenters. The van der Waals surface area contributed by atoms with Gasteiger partial charge >= 0.3 is 6.09 Å². The lowest BCUT2D eigenvalue weighted by Gasteiger charge is -2.47. The van der Waals surface area contributed by atoms with Crippen LogP contribution in [0.2, 0.25) is 5.02 Å². The summed E-state index contributed by atoms with van der Waals surface area (Å²) in [7, 11) is 0. The number of pyridine rings is 1. The van der Waals surface area contributed by atoms with Crippen LogP contribution in [0.25, 0.3) is 22.0 Å². The monoisotopic (exact) mass is 552 g/mol. The molecule has 2 aliphatic rings. The molecule has 180 valence electrons. The van der Waals surface area contributed by atoms with Crippen LogP contribution in [0.5, 0.6) is 0 Å². The van der Waals surface area contributed by atoms with Crippen LogP contribution in [-0.2, 0) is 4.74 Å². The quantitative estimate of drug-likeness (QED) is 0.356. The number of carbonyl (C=O) groups excluding carboxylic acids is 1. The van der Waals surface area contributed by atoms with Gasteiger partial charge in [0.2, 0.25) is 0 Å². The molecule has 2 saturated heterocycles. The summed E-state index contributed by atoms with van der Waals surface area (Å²) in [6, 6.07) is 15.9. The lowest BCUT2D eigenvalue weighted by Crippen LogP contribution is -2.60. The minimum absolute atomic E-state index is 0.0118. The van der Waals surface area contributed by atoms with E-state index in [-0.39, 0.29) is 11.5 Å². The van der Waals surface area contributed by atoms with Gasteiger partial charge in [0.25, 0.3) is 0 Å². The molecule has 0 bridgehead atoms. The van der Waals surface area contributed by atoms with Crippen LogP contribution in [0.4, 0.5) is 10.6 Å². The predicted octanol–water partition coefficient (Wildman–Crippen LogP) is 6.64. The molecule has 3 aromatic rings. The Morgan fingerprint density at radius 2 is 1.94 bits per heavy atom. The first-order chi connectivity index (χ1) is 16.6. The second-order valence-electron chi connectivity index (χ2n) is 10.4. The molecule has 1 spiro atoms. The summed E-state index contributed by atoms with van der Waals surface area (Å²) < 4.78 is 6.45. The van der Waals surface area contributed by atoms with Crippen molar-refractivity contribution in [2.24, 2.45) is 5.41 Å². The molecular weight excluding hydrogens is 528 g/mol. The largest absolute Gasteiger partial charge is 0.444 e. The van der Waals surface area contributed by atoms with E-state index >= 15 is 0 Å². The van der Waals surface area contributed by atoms with Crippen molar-refractivity contribution >= 4 is 50.3 Å². The number of nitrogens with zero attached hydrogens (tertiary/aromatic N) is 4. The van der Waals surface area contributed by atoms with Crippen molar-refractivity contribution in [3.05, 3.63) is 57.5 Å². The van der Waals surface area contributed by atoms with Crippen LogP contribution in [-0.4, -0.2) is 47.8 Å². The highest BCUT2D eigenvalue weighted by atomic mass is 79.9. The first-order valence-electron chi connectivity index (χ1n) is 11.6. The van der Waals surface area contributed by atoms with Crippen LogP contribution in [0.3, 0.4) is 0 Å². The number of carbonyl (C=O) groups is 1. The molecule has 0 unspecified atom stereocenters. The van der Waals surface area contributed by atoms with E-state index < -0.39 is 5.60 Å². The normalized spacial score (nSPS) is 16.9. The molecule has 0 radical (unpaired) electrons. The van der Waals surface area contributed by atoms with Gasteiger partial charge in [0.1, 0.15) is 23.1 Å². The summed E-state index contributed by atoms with van der Waals surface area (Å²) in [5.41, 5.74) is 2.41. The maximum atomic E-state index is 12.5. The molecule has 35 heavy (non-hydrogen) atoms. The van der Waals surface area contributed by atoms with Gasteiger partial charge in [-0.2, -0.15) is 5.26 Å². The Morgan fingerprint density at radius 1 is 1.20 bits per heavy atom. The molecule has 6 nitrogen and oxygen atoms in total. The molecule has 2 aromatic carbocycles. The van der Waals surface area contributed by atoms with Crippen LogP contribution in [0.15, 0.2) is 46.9 Å². The SMILES string of the molecule is CC(C)(C)OC(=O)N1CC2(CCN(c3nc4cc(Br)ccc4c(-c4ccccc4Cl)c3C#N)C2)C1. The number of hydrogen-bond donors (Lipinski definition) is 0. The molecular formula is C27H26BrClN4O2. The van der Waals surface area contributed by atoms with Crippen LogP contribution < -0.4 is 4.90 Å². The number of hydrogen-bond acceptors (Lipinski definition) is 5. The number of anilines is 1. The van der Waals surface area contributed by atoms with Crippen molar-refractivity contribution in [3.8, 4) is 17.2 Å². The number of benzene rings is 2. The van der Waals surface area contributed by atoms with Crippen molar-refractivity contribution in [2.45, 2.75) is 32.8 Å². The molecule has 0 saturated carbocycles. The van der Waals surface area contributed by atoms with E-state index in [2.05, 4.69) is 26.9 Å².